The maximum atomic E-state index is 12.1. The molecule has 0 radical (unpaired) electrons. The molecule has 3 heterocycles. The van der Waals surface area contributed by atoms with Crippen molar-refractivity contribution in [2.75, 3.05) is 19.7 Å². The first kappa shape index (κ1) is 16.8. The fourth-order valence-electron chi connectivity index (χ4n) is 2.76. The number of esters is 1. The average Bonchev–Trinajstić information content (AvgIpc) is 3.14. The molecule has 2 aliphatic heterocycles. The van der Waals surface area contributed by atoms with Crippen LogP contribution >= 0.6 is 11.8 Å². The number of rotatable bonds is 3. The summed E-state index contributed by atoms with van der Waals surface area (Å²) in [6.45, 7) is 5.50. The highest BCUT2D eigenvalue weighted by molar-refractivity contribution is 8.18. The second kappa shape index (κ2) is 7.25. The number of piperidine rings is 1. The summed E-state index contributed by atoms with van der Waals surface area (Å²) >= 11 is 1.36. The molecular weight excluding hydrogens is 328 g/mol. The quantitative estimate of drug-likeness (QED) is 0.618. The van der Waals surface area contributed by atoms with Gasteiger partial charge < -0.3 is 14.1 Å². The third-order valence-corrected chi connectivity index (χ3v) is 5.07. The van der Waals surface area contributed by atoms with Crippen molar-refractivity contribution >= 4 is 34.9 Å². The van der Waals surface area contributed by atoms with Crippen molar-refractivity contribution in [1.29, 1.82) is 0 Å². The van der Waals surface area contributed by atoms with Gasteiger partial charge in [0, 0.05) is 19.2 Å². The van der Waals surface area contributed by atoms with Gasteiger partial charge in [0.05, 0.1) is 17.4 Å². The second-order valence-electron chi connectivity index (χ2n) is 5.77. The topological polar surface area (TPSA) is 72.1 Å². The Morgan fingerprint density at radius 3 is 2.83 bits per heavy atom. The van der Waals surface area contributed by atoms with Gasteiger partial charge in [-0.3, -0.25) is 9.59 Å². The number of carbonyl (C=O) groups excluding carboxylic acids is 2. The lowest BCUT2D eigenvalue weighted by atomic mass is 9.97. The van der Waals surface area contributed by atoms with Gasteiger partial charge in [-0.25, -0.2) is 0 Å². The molecule has 1 aromatic heterocycles. The molecule has 6 nitrogen and oxygen atoms in total. The molecule has 24 heavy (non-hydrogen) atoms. The predicted molar refractivity (Wildman–Crippen MR) is 92.4 cm³/mol. The van der Waals surface area contributed by atoms with E-state index in [2.05, 4.69) is 9.89 Å². The number of carbonyl (C=O) groups is 2. The molecule has 0 spiro atoms. The van der Waals surface area contributed by atoms with E-state index >= 15 is 0 Å². The van der Waals surface area contributed by atoms with E-state index in [1.807, 2.05) is 26.0 Å². The molecule has 0 saturated carbocycles. The Kier molecular flexibility index (Phi) is 5.08. The van der Waals surface area contributed by atoms with Gasteiger partial charge in [-0.1, -0.05) is 0 Å². The number of nitrogens with zero attached hydrogens (tertiary/aromatic N) is 2. The molecule has 7 heteroatoms. The first-order valence-electron chi connectivity index (χ1n) is 8.07. The molecule has 1 aromatic rings. The van der Waals surface area contributed by atoms with Crippen molar-refractivity contribution in [1.82, 2.24) is 4.90 Å². The Labute approximate surface area is 144 Å². The first-order valence-corrected chi connectivity index (χ1v) is 8.89. The van der Waals surface area contributed by atoms with Crippen LogP contribution in [0.1, 0.15) is 31.3 Å². The van der Waals surface area contributed by atoms with Gasteiger partial charge in [0.1, 0.15) is 11.5 Å². The van der Waals surface area contributed by atoms with Crippen LogP contribution in [0.2, 0.25) is 0 Å². The van der Waals surface area contributed by atoms with Crippen molar-refractivity contribution in [2.24, 2.45) is 10.9 Å². The Hall–Kier alpha value is -2.02. The summed E-state index contributed by atoms with van der Waals surface area (Å²) in [4.78, 5) is 30.6. The zero-order valence-electron chi connectivity index (χ0n) is 13.8. The molecule has 0 bridgehead atoms. The lowest BCUT2D eigenvalue weighted by Crippen LogP contribution is -2.39. The second-order valence-corrected chi connectivity index (χ2v) is 6.78. The number of ether oxygens (including phenoxy) is 1. The van der Waals surface area contributed by atoms with E-state index in [0.717, 1.165) is 18.6 Å². The summed E-state index contributed by atoms with van der Waals surface area (Å²) in [6, 6.07) is 3.69. The molecule has 3 rings (SSSR count). The van der Waals surface area contributed by atoms with E-state index in [9.17, 15) is 9.59 Å². The summed E-state index contributed by atoms with van der Waals surface area (Å²) in [7, 11) is 0. The third kappa shape index (κ3) is 3.72. The number of amides is 1. The Bertz CT molecular complexity index is 699. The summed E-state index contributed by atoms with van der Waals surface area (Å²) < 4.78 is 10.6. The molecule has 0 unspecified atom stereocenters. The van der Waals surface area contributed by atoms with Gasteiger partial charge in [-0.05, 0) is 50.6 Å². The third-order valence-electron chi connectivity index (χ3n) is 4.03. The SMILES string of the molecule is CCOC(=O)C1CCN(C2=NC(=O)C(=Cc3ccc(C)o3)S2)CC1. The van der Waals surface area contributed by atoms with E-state index in [1.54, 1.807) is 6.08 Å². The zero-order chi connectivity index (χ0) is 17.1. The predicted octanol–water partition coefficient (Wildman–Crippen LogP) is 2.83. The van der Waals surface area contributed by atoms with Crippen molar-refractivity contribution < 1.29 is 18.7 Å². The van der Waals surface area contributed by atoms with Crippen LogP contribution in [0.4, 0.5) is 0 Å². The minimum atomic E-state index is -0.239. The number of furan rings is 1. The number of hydrogen-bond acceptors (Lipinski definition) is 6. The molecule has 0 N–H and O–H groups in total. The lowest BCUT2D eigenvalue weighted by Gasteiger charge is -2.31. The smallest absolute Gasteiger partial charge is 0.309 e. The zero-order valence-corrected chi connectivity index (χ0v) is 14.6. The van der Waals surface area contributed by atoms with Crippen LogP contribution in [0.15, 0.2) is 26.4 Å². The van der Waals surface area contributed by atoms with Crippen molar-refractivity contribution in [3.63, 3.8) is 0 Å². The molecule has 1 fully saturated rings. The van der Waals surface area contributed by atoms with Crippen LogP contribution in [0, 0.1) is 12.8 Å². The van der Waals surface area contributed by atoms with E-state index in [0.29, 0.717) is 35.5 Å². The number of aryl methyl sites for hydroxylation is 1. The van der Waals surface area contributed by atoms with Gasteiger partial charge in [0.15, 0.2) is 5.17 Å². The highest BCUT2D eigenvalue weighted by atomic mass is 32.2. The summed E-state index contributed by atoms with van der Waals surface area (Å²) in [5.41, 5.74) is 0. The molecule has 0 aliphatic carbocycles. The molecule has 128 valence electrons. The van der Waals surface area contributed by atoms with Crippen LogP contribution in [0.3, 0.4) is 0 Å². The van der Waals surface area contributed by atoms with Crippen LogP contribution in [-0.4, -0.2) is 41.6 Å². The minimum Gasteiger partial charge on any atom is -0.466 e. The number of thioether (sulfide) groups is 1. The molecular formula is C17H20N2O4S. The van der Waals surface area contributed by atoms with Gasteiger partial charge in [0.2, 0.25) is 0 Å². The average molecular weight is 348 g/mol. The summed E-state index contributed by atoms with van der Waals surface area (Å²) in [5.74, 6) is 1.05. The fraction of sp³-hybridized carbons (Fsp3) is 0.471. The van der Waals surface area contributed by atoms with E-state index < -0.39 is 0 Å². The molecule has 1 saturated heterocycles. The standard InChI is InChI=1S/C17H20N2O4S/c1-3-22-16(21)12-6-8-19(9-7-12)17-18-15(20)14(24-17)10-13-5-4-11(2)23-13/h4-5,10,12H,3,6-9H2,1-2H3. The van der Waals surface area contributed by atoms with E-state index in [-0.39, 0.29) is 17.8 Å². The fourth-order valence-corrected chi connectivity index (χ4v) is 3.70. The number of likely N-dealkylation sites (tertiary alicyclic amines) is 1. The first-order chi connectivity index (χ1) is 11.6. The molecule has 1 amide bonds. The number of amidine groups is 1. The Morgan fingerprint density at radius 1 is 1.46 bits per heavy atom. The number of aliphatic imine (C=N–C) groups is 1. The van der Waals surface area contributed by atoms with Crippen molar-refractivity contribution in [2.45, 2.75) is 26.7 Å². The van der Waals surface area contributed by atoms with E-state index in [4.69, 9.17) is 9.15 Å². The van der Waals surface area contributed by atoms with Crippen LogP contribution in [0.5, 0.6) is 0 Å². The van der Waals surface area contributed by atoms with Crippen LogP contribution in [-0.2, 0) is 14.3 Å². The molecule has 0 aromatic carbocycles. The van der Waals surface area contributed by atoms with Gasteiger partial charge >= 0.3 is 5.97 Å². The van der Waals surface area contributed by atoms with Crippen LogP contribution in [0.25, 0.3) is 6.08 Å². The maximum absolute atomic E-state index is 12.1. The molecule has 2 aliphatic rings. The van der Waals surface area contributed by atoms with Gasteiger partial charge in [-0.2, -0.15) is 4.99 Å². The van der Waals surface area contributed by atoms with Gasteiger partial charge in [0.25, 0.3) is 5.91 Å². The largest absolute Gasteiger partial charge is 0.466 e. The van der Waals surface area contributed by atoms with E-state index in [1.165, 1.54) is 11.8 Å². The summed E-state index contributed by atoms with van der Waals surface area (Å²) in [6.07, 6.45) is 3.17. The van der Waals surface area contributed by atoms with Crippen molar-refractivity contribution in [3.8, 4) is 0 Å². The molecule has 0 atom stereocenters. The Balaban J connectivity index is 1.59. The summed E-state index contributed by atoms with van der Waals surface area (Å²) in [5, 5.41) is 0.705. The highest BCUT2D eigenvalue weighted by Crippen LogP contribution is 2.32. The monoisotopic (exact) mass is 348 g/mol. The minimum absolute atomic E-state index is 0.0509. The van der Waals surface area contributed by atoms with Gasteiger partial charge in [-0.15, -0.1) is 0 Å². The highest BCUT2D eigenvalue weighted by Gasteiger charge is 2.31. The maximum Gasteiger partial charge on any atom is 0.309 e. The number of hydrogen-bond donors (Lipinski definition) is 0. The normalized spacial score (nSPS) is 20.6. The van der Waals surface area contributed by atoms with Crippen LogP contribution < -0.4 is 0 Å². The lowest BCUT2D eigenvalue weighted by molar-refractivity contribution is -0.149. The van der Waals surface area contributed by atoms with Crippen molar-refractivity contribution in [3.05, 3.63) is 28.6 Å². The Morgan fingerprint density at radius 2 is 2.21 bits per heavy atom.